The van der Waals surface area contributed by atoms with E-state index in [-0.39, 0.29) is 6.61 Å². The van der Waals surface area contributed by atoms with Crippen LogP contribution in [0.2, 0.25) is 0 Å². The van der Waals surface area contributed by atoms with Crippen LogP contribution < -0.4 is 9.47 Å². The van der Waals surface area contributed by atoms with Crippen molar-refractivity contribution >= 4 is 0 Å². The molecule has 0 saturated carbocycles. The minimum absolute atomic E-state index is 0.0170. The molecule has 0 unspecified atom stereocenters. The number of hydrogen-bond acceptors (Lipinski definition) is 5. The van der Waals surface area contributed by atoms with Gasteiger partial charge < -0.3 is 14.6 Å². The average Bonchev–Trinajstić information content (AvgIpc) is 2.67. The Balaban J connectivity index is 1.77. The molecule has 0 fully saturated rings. The van der Waals surface area contributed by atoms with Gasteiger partial charge in [-0.1, -0.05) is 60.7 Å². The SMILES string of the molecule is OCCc1ncnc(OCc2ccccc2)c1OCc1ccccc1. The molecule has 1 aromatic heterocycles. The van der Waals surface area contributed by atoms with E-state index < -0.39 is 0 Å². The van der Waals surface area contributed by atoms with Crippen LogP contribution in [-0.2, 0) is 19.6 Å². The molecule has 0 saturated heterocycles. The zero-order chi connectivity index (χ0) is 17.3. The van der Waals surface area contributed by atoms with Crippen LogP contribution in [-0.4, -0.2) is 21.7 Å². The van der Waals surface area contributed by atoms with Crippen molar-refractivity contribution in [3.8, 4) is 11.6 Å². The van der Waals surface area contributed by atoms with E-state index in [1.807, 2.05) is 60.7 Å². The summed E-state index contributed by atoms with van der Waals surface area (Å²) in [6.45, 7) is 0.753. The Kier molecular flexibility index (Phi) is 5.96. The first-order valence-electron chi connectivity index (χ1n) is 8.15. The summed E-state index contributed by atoms with van der Waals surface area (Å²) in [4.78, 5) is 8.43. The van der Waals surface area contributed by atoms with E-state index in [1.54, 1.807) is 0 Å². The molecule has 5 heteroatoms. The Hall–Kier alpha value is -2.92. The summed E-state index contributed by atoms with van der Waals surface area (Å²) in [7, 11) is 0. The van der Waals surface area contributed by atoms with Gasteiger partial charge in [-0.15, -0.1) is 0 Å². The Morgan fingerprint density at radius 3 is 1.96 bits per heavy atom. The molecule has 0 atom stereocenters. The molecule has 0 spiro atoms. The van der Waals surface area contributed by atoms with Gasteiger partial charge in [0.2, 0.25) is 5.75 Å². The van der Waals surface area contributed by atoms with E-state index in [1.165, 1.54) is 6.33 Å². The zero-order valence-electron chi connectivity index (χ0n) is 13.8. The van der Waals surface area contributed by atoms with Crippen LogP contribution in [0.3, 0.4) is 0 Å². The molecule has 3 aromatic rings. The molecular weight excluding hydrogens is 316 g/mol. The molecule has 25 heavy (non-hydrogen) atoms. The maximum atomic E-state index is 9.27. The first-order chi connectivity index (χ1) is 12.4. The number of hydrogen-bond donors (Lipinski definition) is 1. The highest BCUT2D eigenvalue weighted by Crippen LogP contribution is 2.29. The summed E-state index contributed by atoms with van der Waals surface area (Å²) in [5.41, 5.74) is 2.71. The smallest absolute Gasteiger partial charge is 0.260 e. The van der Waals surface area contributed by atoms with E-state index in [0.29, 0.717) is 37.0 Å². The first kappa shape index (κ1) is 16.9. The molecule has 0 bridgehead atoms. The van der Waals surface area contributed by atoms with Gasteiger partial charge in [0, 0.05) is 13.0 Å². The minimum atomic E-state index is -0.0170. The number of benzene rings is 2. The normalized spacial score (nSPS) is 10.4. The highest BCUT2D eigenvalue weighted by molar-refractivity contribution is 5.38. The average molecular weight is 336 g/mol. The van der Waals surface area contributed by atoms with Gasteiger partial charge >= 0.3 is 0 Å². The van der Waals surface area contributed by atoms with Crippen LogP contribution in [0.25, 0.3) is 0 Å². The van der Waals surface area contributed by atoms with Gasteiger partial charge in [-0.3, -0.25) is 0 Å². The lowest BCUT2D eigenvalue weighted by atomic mass is 10.2. The van der Waals surface area contributed by atoms with Crippen LogP contribution in [0.4, 0.5) is 0 Å². The Labute approximate surface area is 146 Å². The van der Waals surface area contributed by atoms with E-state index >= 15 is 0 Å². The van der Waals surface area contributed by atoms with E-state index in [2.05, 4.69) is 9.97 Å². The highest BCUT2D eigenvalue weighted by atomic mass is 16.5. The van der Waals surface area contributed by atoms with Gasteiger partial charge in [-0.2, -0.15) is 4.98 Å². The van der Waals surface area contributed by atoms with Crippen molar-refractivity contribution in [1.29, 1.82) is 0 Å². The fourth-order valence-electron chi connectivity index (χ4n) is 2.38. The summed E-state index contributed by atoms with van der Waals surface area (Å²) in [5.74, 6) is 0.870. The number of aromatic nitrogens is 2. The second-order valence-electron chi connectivity index (χ2n) is 5.48. The van der Waals surface area contributed by atoms with E-state index in [4.69, 9.17) is 9.47 Å². The summed E-state index contributed by atoms with van der Waals surface area (Å²) in [6.07, 6.45) is 1.81. The molecule has 0 radical (unpaired) electrons. The molecule has 2 aromatic carbocycles. The van der Waals surface area contributed by atoms with Crippen molar-refractivity contribution in [2.45, 2.75) is 19.6 Å². The van der Waals surface area contributed by atoms with Crippen molar-refractivity contribution in [3.63, 3.8) is 0 Å². The molecule has 0 aliphatic carbocycles. The largest absolute Gasteiger partial charge is 0.482 e. The fraction of sp³-hybridized carbons (Fsp3) is 0.200. The van der Waals surface area contributed by atoms with Gasteiger partial charge in [0.15, 0.2) is 0 Å². The van der Waals surface area contributed by atoms with E-state index in [9.17, 15) is 5.11 Å². The maximum Gasteiger partial charge on any atom is 0.260 e. The monoisotopic (exact) mass is 336 g/mol. The Bertz CT molecular complexity index is 779. The molecule has 1 N–H and O–H groups in total. The molecule has 0 aliphatic rings. The van der Waals surface area contributed by atoms with Gasteiger partial charge in [0.25, 0.3) is 5.88 Å². The number of rotatable bonds is 8. The van der Waals surface area contributed by atoms with Crippen molar-refractivity contribution in [1.82, 2.24) is 9.97 Å². The third-order valence-corrected chi connectivity index (χ3v) is 3.64. The predicted molar refractivity (Wildman–Crippen MR) is 94.4 cm³/mol. The van der Waals surface area contributed by atoms with Crippen molar-refractivity contribution in [2.75, 3.05) is 6.61 Å². The first-order valence-corrected chi connectivity index (χ1v) is 8.15. The van der Waals surface area contributed by atoms with Gasteiger partial charge in [0.05, 0.1) is 5.69 Å². The van der Waals surface area contributed by atoms with Gasteiger partial charge in [-0.25, -0.2) is 4.98 Å². The number of aliphatic hydroxyl groups is 1. The van der Waals surface area contributed by atoms with E-state index in [0.717, 1.165) is 11.1 Å². The highest BCUT2D eigenvalue weighted by Gasteiger charge is 2.15. The van der Waals surface area contributed by atoms with Crippen LogP contribution in [0.1, 0.15) is 16.8 Å². The van der Waals surface area contributed by atoms with Gasteiger partial charge in [0.1, 0.15) is 19.5 Å². The maximum absolute atomic E-state index is 9.27. The summed E-state index contributed by atoms with van der Waals surface area (Å²) < 4.78 is 11.8. The van der Waals surface area contributed by atoms with Crippen molar-refractivity contribution in [2.24, 2.45) is 0 Å². The molecule has 128 valence electrons. The Morgan fingerprint density at radius 2 is 1.36 bits per heavy atom. The standard InChI is InChI=1S/C20H20N2O3/c23-12-11-18-19(24-13-16-7-3-1-4-8-16)20(22-15-21-18)25-14-17-9-5-2-6-10-17/h1-10,15,23H,11-14H2. The lowest BCUT2D eigenvalue weighted by Gasteiger charge is -2.14. The van der Waals surface area contributed by atoms with Gasteiger partial charge in [-0.05, 0) is 11.1 Å². The number of aliphatic hydroxyl groups excluding tert-OH is 1. The lowest BCUT2D eigenvalue weighted by Crippen LogP contribution is -2.07. The third kappa shape index (κ3) is 4.78. The molecule has 3 rings (SSSR count). The molecule has 5 nitrogen and oxygen atoms in total. The number of nitrogens with zero attached hydrogens (tertiary/aromatic N) is 2. The number of ether oxygens (including phenoxy) is 2. The fourth-order valence-corrected chi connectivity index (χ4v) is 2.38. The molecular formula is C20H20N2O3. The second-order valence-corrected chi connectivity index (χ2v) is 5.48. The van der Waals surface area contributed by atoms with Crippen LogP contribution >= 0.6 is 0 Å². The van der Waals surface area contributed by atoms with Crippen LogP contribution in [0.5, 0.6) is 11.6 Å². The lowest BCUT2D eigenvalue weighted by molar-refractivity contribution is 0.239. The molecule has 0 aliphatic heterocycles. The third-order valence-electron chi connectivity index (χ3n) is 3.64. The molecule has 0 amide bonds. The van der Waals surface area contributed by atoms with Crippen molar-refractivity contribution < 1.29 is 14.6 Å². The topological polar surface area (TPSA) is 64.5 Å². The summed E-state index contributed by atoms with van der Waals surface area (Å²) >= 11 is 0. The van der Waals surface area contributed by atoms with Crippen LogP contribution in [0.15, 0.2) is 67.0 Å². The predicted octanol–water partition coefficient (Wildman–Crippen LogP) is 3.17. The quantitative estimate of drug-likeness (QED) is 0.684. The second kappa shape index (κ2) is 8.80. The summed E-state index contributed by atoms with van der Waals surface area (Å²) in [5, 5.41) is 9.27. The Morgan fingerprint density at radius 1 is 0.760 bits per heavy atom. The van der Waals surface area contributed by atoms with Crippen LogP contribution in [0, 0.1) is 0 Å². The van der Waals surface area contributed by atoms with Crippen molar-refractivity contribution in [3.05, 3.63) is 83.8 Å². The molecule has 1 heterocycles. The minimum Gasteiger partial charge on any atom is -0.482 e. The zero-order valence-corrected chi connectivity index (χ0v) is 13.8. The summed E-state index contributed by atoms with van der Waals surface area (Å²) in [6, 6.07) is 19.7.